The summed E-state index contributed by atoms with van der Waals surface area (Å²) in [6.45, 7) is 2.22. The van der Waals surface area contributed by atoms with Crippen molar-refractivity contribution in [3.8, 4) is 0 Å². The van der Waals surface area contributed by atoms with Crippen LogP contribution in [0, 0.1) is 11.8 Å². The Morgan fingerprint density at radius 3 is 2.70 bits per heavy atom. The zero-order chi connectivity index (χ0) is 7.14. The molecule has 1 heterocycles. The number of rotatable bonds is 1. The fourth-order valence-corrected chi connectivity index (χ4v) is 1.72. The number of esters is 1. The molecule has 1 saturated carbocycles. The monoisotopic (exact) mass is 140 g/mol. The van der Waals surface area contributed by atoms with Crippen molar-refractivity contribution < 1.29 is 9.53 Å². The number of ether oxygens (including phenoxy) is 1. The minimum atomic E-state index is 0.00380. The SMILES string of the molecule is CC1CC1C1CCC(=O)O1. The molecule has 1 saturated heterocycles. The van der Waals surface area contributed by atoms with Crippen LogP contribution in [0.25, 0.3) is 0 Å². The van der Waals surface area contributed by atoms with Crippen molar-refractivity contribution in [3.05, 3.63) is 0 Å². The predicted octanol–water partition coefficient (Wildman–Crippen LogP) is 1.35. The highest BCUT2D eigenvalue weighted by Gasteiger charge is 2.43. The molecule has 0 aromatic rings. The van der Waals surface area contributed by atoms with Crippen LogP contribution in [0.1, 0.15) is 26.2 Å². The van der Waals surface area contributed by atoms with Crippen LogP contribution in [-0.2, 0) is 9.53 Å². The molecule has 56 valence electrons. The topological polar surface area (TPSA) is 26.3 Å². The predicted molar refractivity (Wildman–Crippen MR) is 36.4 cm³/mol. The lowest BCUT2D eigenvalue weighted by Crippen LogP contribution is -2.09. The standard InChI is InChI=1S/C8H12O2/c1-5-4-6(5)7-2-3-8(9)10-7/h5-7H,2-4H2,1H3. The lowest BCUT2D eigenvalue weighted by atomic mass is 10.1. The van der Waals surface area contributed by atoms with E-state index in [4.69, 9.17) is 4.74 Å². The van der Waals surface area contributed by atoms with Crippen LogP contribution < -0.4 is 0 Å². The second-order valence-corrected chi connectivity index (χ2v) is 3.44. The lowest BCUT2D eigenvalue weighted by molar-refractivity contribution is -0.142. The van der Waals surface area contributed by atoms with E-state index in [0.29, 0.717) is 12.3 Å². The van der Waals surface area contributed by atoms with Gasteiger partial charge in [0.25, 0.3) is 0 Å². The third-order valence-electron chi connectivity index (χ3n) is 2.57. The molecular weight excluding hydrogens is 128 g/mol. The zero-order valence-corrected chi connectivity index (χ0v) is 6.17. The van der Waals surface area contributed by atoms with E-state index >= 15 is 0 Å². The Kier molecular flexibility index (Phi) is 1.22. The van der Waals surface area contributed by atoms with Gasteiger partial charge in [0.15, 0.2) is 0 Å². The van der Waals surface area contributed by atoms with E-state index in [1.807, 2.05) is 0 Å². The first-order chi connectivity index (χ1) is 4.77. The van der Waals surface area contributed by atoms with E-state index in [2.05, 4.69) is 6.92 Å². The summed E-state index contributed by atoms with van der Waals surface area (Å²) in [5.41, 5.74) is 0. The van der Waals surface area contributed by atoms with Crippen molar-refractivity contribution in [3.63, 3.8) is 0 Å². The summed E-state index contributed by atoms with van der Waals surface area (Å²) >= 11 is 0. The first-order valence-electron chi connectivity index (χ1n) is 3.97. The van der Waals surface area contributed by atoms with Gasteiger partial charge in [-0.1, -0.05) is 6.92 Å². The van der Waals surface area contributed by atoms with Crippen molar-refractivity contribution >= 4 is 5.97 Å². The van der Waals surface area contributed by atoms with Crippen molar-refractivity contribution in [2.24, 2.45) is 11.8 Å². The molecule has 2 rings (SSSR count). The molecule has 1 aliphatic carbocycles. The molecule has 2 nitrogen and oxygen atoms in total. The van der Waals surface area contributed by atoms with Gasteiger partial charge in [-0.3, -0.25) is 4.79 Å². The molecule has 0 aromatic carbocycles. The number of carbonyl (C=O) groups excluding carboxylic acids is 1. The summed E-state index contributed by atoms with van der Waals surface area (Å²) in [6.07, 6.45) is 3.15. The smallest absolute Gasteiger partial charge is 0.306 e. The van der Waals surface area contributed by atoms with E-state index in [0.717, 1.165) is 12.3 Å². The lowest BCUT2D eigenvalue weighted by Gasteiger charge is -2.05. The number of hydrogen-bond acceptors (Lipinski definition) is 2. The summed E-state index contributed by atoms with van der Waals surface area (Å²) in [5, 5.41) is 0. The van der Waals surface area contributed by atoms with Gasteiger partial charge in [0.1, 0.15) is 6.10 Å². The van der Waals surface area contributed by atoms with Gasteiger partial charge >= 0.3 is 5.97 Å². The van der Waals surface area contributed by atoms with E-state index < -0.39 is 0 Å². The average molecular weight is 140 g/mol. The fraction of sp³-hybridized carbons (Fsp3) is 0.875. The molecule has 0 aromatic heterocycles. The van der Waals surface area contributed by atoms with Crippen LogP contribution in [0.4, 0.5) is 0 Å². The number of cyclic esters (lactones) is 1. The molecule has 1 aliphatic heterocycles. The Morgan fingerprint density at radius 2 is 2.30 bits per heavy atom. The van der Waals surface area contributed by atoms with Crippen molar-refractivity contribution in [2.45, 2.75) is 32.3 Å². The first kappa shape index (κ1) is 6.20. The Balaban J connectivity index is 1.90. The summed E-state index contributed by atoms with van der Waals surface area (Å²) in [6, 6.07) is 0. The average Bonchev–Trinajstić information content (AvgIpc) is 2.42. The van der Waals surface area contributed by atoms with Crippen LogP contribution in [0.15, 0.2) is 0 Å². The molecule has 3 unspecified atom stereocenters. The van der Waals surface area contributed by atoms with Crippen LogP contribution in [0.2, 0.25) is 0 Å². The minimum absolute atomic E-state index is 0.00380. The van der Waals surface area contributed by atoms with Gasteiger partial charge < -0.3 is 4.74 Å². The molecule has 0 bridgehead atoms. The van der Waals surface area contributed by atoms with E-state index in [1.54, 1.807) is 0 Å². The normalized spacial score (nSPS) is 45.3. The molecule has 10 heavy (non-hydrogen) atoms. The summed E-state index contributed by atoms with van der Waals surface area (Å²) in [4.78, 5) is 10.7. The summed E-state index contributed by atoms with van der Waals surface area (Å²) in [7, 11) is 0. The summed E-state index contributed by atoms with van der Waals surface area (Å²) in [5.74, 6) is 1.51. The van der Waals surface area contributed by atoms with Crippen LogP contribution in [0.3, 0.4) is 0 Å². The number of carbonyl (C=O) groups is 1. The molecule has 0 radical (unpaired) electrons. The van der Waals surface area contributed by atoms with Gasteiger partial charge in [-0.25, -0.2) is 0 Å². The maximum Gasteiger partial charge on any atom is 0.306 e. The number of hydrogen-bond donors (Lipinski definition) is 0. The Hall–Kier alpha value is -0.530. The zero-order valence-electron chi connectivity index (χ0n) is 6.17. The van der Waals surface area contributed by atoms with Crippen LogP contribution >= 0.6 is 0 Å². The summed E-state index contributed by atoms with van der Waals surface area (Å²) < 4.78 is 5.12. The maximum atomic E-state index is 10.7. The van der Waals surface area contributed by atoms with Crippen molar-refractivity contribution in [1.82, 2.24) is 0 Å². The van der Waals surface area contributed by atoms with Gasteiger partial charge in [-0.05, 0) is 24.7 Å². The highest BCUT2D eigenvalue weighted by molar-refractivity contribution is 5.71. The third-order valence-corrected chi connectivity index (χ3v) is 2.57. The van der Waals surface area contributed by atoms with Gasteiger partial charge in [0.2, 0.25) is 0 Å². The highest BCUT2D eigenvalue weighted by atomic mass is 16.5. The Morgan fingerprint density at radius 1 is 1.60 bits per heavy atom. The Bertz CT molecular complexity index is 165. The minimum Gasteiger partial charge on any atom is -0.462 e. The highest BCUT2D eigenvalue weighted by Crippen LogP contribution is 2.44. The van der Waals surface area contributed by atoms with E-state index in [9.17, 15) is 4.79 Å². The maximum absolute atomic E-state index is 10.7. The van der Waals surface area contributed by atoms with Gasteiger partial charge in [0, 0.05) is 6.42 Å². The van der Waals surface area contributed by atoms with Crippen LogP contribution in [0.5, 0.6) is 0 Å². The quantitative estimate of drug-likeness (QED) is 0.514. The first-order valence-corrected chi connectivity index (χ1v) is 3.97. The molecule has 0 N–H and O–H groups in total. The van der Waals surface area contributed by atoms with Gasteiger partial charge in [-0.15, -0.1) is 0 Å². The largest absolute Gasteiger partial charge is 0.462 e. The Labute approximate surface area is 60.6 Å². The molecule has 2 fully saturated rings. The van der Waals surface area contributed by atoms with Crippen molar-refractivity contribution in [2.75, 3.05) is 0 Å². The second-order valence-electron chi connectivity index (χ2n) is 3.44. The second kappa shape index (κ2) is 1.97. The van der Waals surface area contributed by atoms with E-state index in [-0.39, 0.29) is 12.1 Å². The third kappa shape index (κ3) is 0.917. The fourth-order valence-electron chi connectivity index (χ4n) is 1.72. The molecule has 2 heteroatoms. The molecule has 3 atom stereocenters. The van der Waals surface area contributed by atoms with Crippen molar-refractivity contribution in [1.29, 1.82) is 0 Å². The molecule has 2 aliphatic rings. The molecule has 0 amide bonds. The van der Waals surface area contributed by atoms with Crippen LogP contribution in [-0.4, -0.2) is 12.1 Å². The van der Waals surface area contributed by atoms with Gasteiger partial charge in [0.05, 0.1) is 0 Å². The molecule has 0 spiro atoms. The van der Waals surface area contributed by atoms with Gasteiger partial charge in [-0.2, -0.15) is 0 Å². The molecular formula is C8H12O2. The van der Waals surface area contributed by atoms with E-state index in [1.165, 1.54) is 6.42 Å².